The number of morpholine rings is 1. The quantitative estimate of drug-likeness (QED) is 0.520. The number of hydrogen-bond acceptors (Lipinski definition) is 4. The van der Waals surface area contributed by atoms with Gasteiger partial charge in [-0.3, -0.25) is 14.8 Å². The topological polar surface area (TPSA) is 55.3 Å². The molecule has 5 heteroatoms. The lowest BCUT2D eigenvalue weighted by atomic mass is 9.96. The van der Waals surface area contributed by atoms with Crippen LogP contribution in [0.1, 0.15) is 16.1 Å². The number of nitrogens with zero attached hydrogens (tertiary/aromatic N) is 3. The van der Waals surface area contributed by atoms with Gasteiger partial charge in [-0.1, -0.05) is 24.3 Å². The summed E-state index contributed by atoms with van der Waals surface area (Å²) in [4.78, 5) is 24.2. The highest BCUT2D eigenvalue weighted by atomic mass is 16.5. The van der Waals surface area contributed by atoms with E-state index < -0.39 is 0 Å². The molecule has 0 spiro atoms. The first-order valence-corrected chi connectivity index (χ1v) is 9.83. The van der Waals surface area contributed by atoms with Crippen LogP contribution in [0.3, 0.4) is 0 Å². The van der Waals surface area contributed by atoms with Gasteiger partial charge < -0.3 is 9.64 Å². The van der Waals surface area contributed by atoms with Crippen LogP contribution in [0.2, 0.25) is 0 Å². The average Bonchev–Trinajstić information content (AvgIpc) is 2.78. The Balaban J connectivity index is 1.69. The van der Waals surface area contributed by atoms with Crippen molar-refractivity contribution >= 4 is 27.7 Å². The lowest BCUT2D eigenvalue weighted by Crippen LogP contribution is -2.40. The maximum atomic E-state index is 13.0. The number of hydrogen-bond donors (Lipinski definition) is 0. The molecule has 4 aromatic rings. The molecule has 2 aromatic heterocycles. The summed E-state index contributed by atoms with van der Waals surface area (Å²) in [6.07, 6.45) is 1.81. The van der Waals surface area contributed by atoms with E-state index in [0.717, 1.165) is 38.6 Å². The minimum absolute atomic E-state index is 0.0396. The van der Waals surface area contributed by atoms with E-state index >= 15 is 0 Å². The molecule has 2 aromatic carbocycles. The third-order valence-electron chi connectivity index (χ3n) is 5.40. The number of ether oxygens (including phenoxy) is 1. The van der Waals surface area contributed by atoms with Crippen LogP contribution < -0.4 is 0 Å². The van der Waals surface area contributed by atoms with Crippen LogP contribution in [0, 0.1) is 6.92 Å². The van der Waals surface area contributed by atoms with Crippen molar-refractivity contribution in [2.45, 2.75) is 6.92 Å². The second-order valence-corrected chi connectivity index (χ2v) is 7.33. The number of benzene rings is 2. The molecule has 0 radical (unpaired) electrons. The molecule has 1 saturated heterocycles. The highest BCUT2D eigenvalue weighted by Gasteiger charge is 2.20. The van der Waals surface area contributed by atoms with Gasteiger partial charge in [0.1, 0.15) is 0 Å². The summed E-state index contributed by atoms with van der Waals surface area (Å²) in [6.45, 7) is 4.43. The Labute approximate surface area is 169 Å². The van der Waals surface area contributed by atoms with Crippen molar-refractivity contribution in [3.63, 3.8) is 0 Å². The zero-order valence-electron chi connectivity index (χ0n) is 16.3. The van der Waals surface area contributed by atoms with Crippen molar-refractivity contribution in [3.05, 3.63) is 72.1 Å². The second kappa shape index (κ2) is 7.26. The highest BCUT2D eigenvalue weighted by molar-refractivity contribution is 6.06. The molecule has 0 unspecified atom stereocenters. The molecular weight excluding hydrogens is 362 g/mol. The van der Waals surface area contributed by atoms with E-state index in [1.807, 2.05) is 48.4 Å². The molecule has 29 heavy (non-hydrogen) atoms. The number of carbonyl (C=O) groups excluding carboxylic acids is 1. The largest absolute Gasteiger partial charge is 0.378 e. The van der Waals surface area contributed by atoms with E-state index in [9.17, 15) is 4.79 Å². The normalized spacial score (nSPS) is 14.4. The maximum absolute atomic E-state index is 13.0. The minimum atomic E-state index is 0.0396. The number of pyridine rings is 2. The van der Waals surface area contributed by atoms with Gasteiger partial charge in [0.15, 0.2) is 0 Å². The Morgan fingerprint density at radius 3 is 2.69 bits per heavy atom. The first kappa shape index (κ1) is 17.8. The molecule has 0 saturated carbocycles. The predicted octanol–water partition coefficient (Wildman–Crippen LogP) is 4.23. The van der Waals surface area contributed by atoms with Crippen molar-refractivity contribution < 1.29 is 9.53 Å². The molecular formula is C24H21N3O2. The van der Waals surface area contributed by atoms with Gasteiger partial charge in [-0.25, -0.2) is 0 Å². The predicted molar refractivity (Wildman–Crippen MR) is 114 cm³/mol. The van der Waals surface area contributed by atoms with E-state index in [1.54, 1.807) is 0 Å². The van der Waals surface area contributed by atoms with E-state index in [4.69, 9.17) is 4.74 Å². The Hall–Kier alpha value is -3.31. The lowest BCUT2D eigenvalue weighted by Gasteiger charge is -2.27. The molecule has 144 valence electrons. The second-order valence-electron chi connectivity index (χ2n) is 7.33. The molecule has 0 N–H and O–H groups in total. The van der Waals surface area contributed by atoms with E-state index in [1.165, 1.54) is 0 Å². The first-order chi connectivity index (χ1) is 14.2. The molecule has 0 atom stereocenters. The molecule has 1 aliphatic rings. The van der Waals surface area contributed by atoms with Crippen LogP contribution in [0.15, 0.2) is 60.8 Å². The van der Waals surface area contributed by atoms with Gasteiger partial charge in [-0.2, -0.15) is 0 Å². The number of aryl methyl sites for hydroxylation is 1. The SMILES string of the molecule is Cc1cc(-c2cccc3cccnc23)c2cc(C(=O)N3CCOCC3)ccc2n1. The highest BCUT2D eigenvalue weighted by Crippen LogP contribution is 2.33. The average molecular weight is 383 g/mol. The summed E-state index contributed by atoms with van der Waals surface area (Å²) >= 11 is 0. The Morgan fingerprint density at radius 2 is 1.83 bits per heavy atom. The van der Waals surface area contributed by atoms with E-state index in [0.29, 0.717) is 31.9 Å². The zero-order chi connectivity index (χ0) is 19.8. The number of rotatable bonds is 2. The summed E-state index contributed by atoms with van der Waals surface area (Å²) < 4.78 is 5.38. The summed E-state index contributed by atoms with van der Waals surface area (Å²) in [5.41, 5.74) is 5.55. The van der Waals surface area contributed by atoms with Crippen molar-refractivity contribution in [2.75, 3.05) is 26.3 Å². The van der Waals surface area contributed by atoms with Gasteiger partial charge in [0.2, 0.25) is 0 Å². The molecule has 3 heterocycles. The molecule has 0 aliphatic carbocycles. The lowest BCUT2D eigenvalue weighted by molar-refractivity contribution is 0.0303. The van der Waals surface area contributed by atoms with Crippen LogP contribution >= 0.6 is 0 Å². The van der Waals surface area contributed by atoms with Gasteiger partial charge in [0.25, 0.3) is 5.91 Å². The fourth-order valence-corrected chi connectivity index (χ4v) is 3.98. The molecule has 1 fully saturated rings. The third-order valence-corrected chi connectivity index (χ3v) is 5.40. The van der Waals surface area contributed by atoms with E-state index in [-0.39, 0.29) is 5.91 Å². The van der Waals surface area contributed by atoms with Crippen molar-refractivity contribution in [1.29, 1.82) is 0 Å². The third kappa shape index (κ3) is 3.23. The summed E-state index contributed by atoms with van der Waals surface area (Å²) in [7, 11) is 0. The van der Waals surface area contributed by atoms with Gasteiger partial charge >= 0.3 is 0 Å². The summed E-state index contributed by atoms with van der Waals surface area (Å²) in [6, 6.07) is 18.1. The number of para-hydroxylation sites is 1. The van der Waals surface area contributed by atoms with Crippen LogP contribution in [-0.4, -0.2) is 47.1 Å². The van der Waals surface area contributed by atoms with Crippen molar-refractivity contribution in [3.8, 4) is 11.1 Å². The Kier molecular flexibility index (Phi) is 4.45. The summed E-state index contributed by atoms with van der Waals surface area (Å²) in [5.74, 6) is 0.0396. The fraction of sp³-hybridized carbons (Fsp3) is 0.208. The van der Waals surface area contributed by atoms with Crippen LogP contribution in [0.5, 0.6) is 0 Å². The summed E-state index contributed by atoms with van der Waals surface area (Å²) in [5, 5.41) is 2.06. The number of carbonyl (C=O) groups is 1. The van der Waals surface area contributed by atoms with Crippen molar-refractivity contribution in [2.24, 2.45) is 0 Å². The smallest absolute Gasteiger partial charge is 0.254 e. The molecule has 5 rings (SSSR count). The standard InChI is InChI=1S/C24H21N3O2/c1-16-14-20(19-6-2-4-17-5-3-9-25-23(17)19)21-15-18(7-8-22(21)26-16)24(28)27-10-12-29-13-11-27/h2-9,14-15H,10-13H2,1H3. The number of fused-ring (bicyclic) bond motifs is 2. The first-order valence-electron chi connectivity index (χ1n) is 9.83. The van der Waals surface area contributed by atoms with Crippen LogP contribution in [-0.2, 0) is 4.74 Å². The Bertz CT molecular complexity index is 1220. The van der Waals surface area contributed by atoms with Crippen molar-refractivity contribution in [1.82, 2.24) is 14.9 Å². The van der Waals surface area contributed by atoms with Crippen LogP contribution in [0.4, 0.5) is 0 Å². The fourth-order valence-electron chi connectivity index (χ4n) is 3.98. The molecule has 5 nitrogen and oxygen atoms in total. The Morgan fingerprint density at radius 1 is 1.00 bits per heavy atom. The minimum Gasteiger partial charge on any atom is -0.378 e. The number of aromatic nitrogens is 2. The van der Waals surface area contributed by atoms with E-state index in [2.05, 4.69) is 34.2 Å². The van der Waals surface area contributed by atoms with Gasteiger partial charge in [-0.05, 0) is 42.8 Å². The molecule has 0 bridgehead atoms. The monoisotopic (exact) mass is 383 g/mol. The van der Waals surface area contributed by atoms with Gasteiger partial charge in [-0.15, -0.1) is 0 Å². The molecule has 1 aliphatic heterocycles. The zero-order valence-corrected chi connectivity index (χ0v) is 16.3. The molecule has 1 amide bonds. The number of amides is 1. The maximum Gasteiger partial charge on any atom is 0.254 e. The van der Waals surface area contributed by atoms with Gasteiger partial charge in [0, 0.05) is 46.9 Å². The van der Waals surface area contributed by atoms with Gasteiger partial charge in [0.05, 0.1) is 24.2 Å². The van der Waals surface area contributed by atoms with Crippen LogP contribution in [0.25, 0.3) is 32.9 Å².